The molecule has 0 spiro atoms. The summed E-state index contributed by atoms with van der Waals surface area (Å²) in [6, 6.07) is 7.58. The van der Waals surface area contributed by atoms with Crippen LogP contribution in [0.4, 0.5) is 5.82 Å². The molecule has 1 aromatic carbocycles. The summed E-state index contributed by atoms with van der Waals surface area (Å²) in [6.07, 6.45) is 0.879. The highest BCUT2D eigenvalue weighted by Gasteiger charge is 2.08. The van der Waals surface area contributed by atoms with Crippen LogP contribution in [0.15, 0.2) is 24.3 Å². The maximum Gasteiger partial charge on any atom is 0.127 e. The van der Waals surface area contributed by atoms with Crippen LogP contribution in [0.1, 0.15) is 18.2 Å². The molecule has 1 aromatic heterocycles. The first-order valence-electron chi connectivity index (χ1n) is 5.22. The Labute approximate surface area is 99.8 Å². The maximum atomic E-state index is 5.92. The molecule has 0 bridgehead atoms. The molecular formula is C12H14ClN3. The summed E-state index contributed by atoms with van der Waals surface area (Å²) in [7, 11) is 0. The molecule has 0 aliphatic heterocycles. The molecule has 0 amide bonds. The number of aryl methyl sites for hydroxylation is 2. The van der Waals surface area contributed by atoms with Crippen molar-refractivity contribution in [1.29, 1.82) is 0 Å². The van der Waals surface area contributed by atoms with Crippen LogP contribution in [0, 0.1) is 6.92 Å². The number of rotatable bonds is 2. The van der Waals surface area contributed by atoms with Crippen molar-refractivity contribution in [1.82, 2.24) is 9.78 Å². The van der Waals surface area contributed by atoms with Gasteiger partial charge < -0.3 is 5.73 Å². The molecule has 84 valence electrons. The molecule has 2 rings (SSSR count). The number of anilines is 1. The molecular weight excluding hydrogens is 222 g/mol. The molecule has 0 saturated heterocycles. The molecule has 0 saturated carbocycles. The van der Waals surface area contributed by atoms with Gasteiger partial charge in [-0.05, 0) is 37.1 Å². The van der Waals surface area contributed by atoms with Crippen LogP contribution in [0.2, 0.25) is 5.02 Å². The van der Waals surface area contributed by atoms with Gasteiger partial charge in [-0.3, -0.25) is 0 Å². The summed E-state index contributed by atoms with van der Waals surface area (Å²) in [6.45, 7) is 4.05. The van der Waals surface area contributed by atoms with Gasteiger partial charge in [-0.15, -0.1) is 0 Å². The van der Waals surface area contributed by atoms with E-state index in [0.29, 0.717) is 5.82 Å². The average Bonchev–Trinajstić information content (AvgIpc) is 2.60. The third-order valence-electron chi connectivity index (χ3n) is 2.54. The summed E-state index contributed by atoms with van der Waals surface area (Å²) >= 11 is 5.92. The minimum atomic E-state index is 0.655. The second kappa shape index (κ2) is 4.18. The highest BCUT2D eigenvalue weighted by atomic mass is 35.5. The molecule has 3 nitrogen and oxygen atoms in total. The SMILES string of the molecule is CCc1cc(N)n(-c2ccc(Cl)cc2C)n1. The first-order chi connectivity index (χ1) is 7.61. The zero-order valence-electron chi connectivity index (χ0n) is 9.37. The van der Waals surface area contributed by atoms with Crippen molar-refractivity contribution in [3.8, 4) is 5.69 Å². The average molecular weight is 236 g/mol. The van der Waals surface area contributed by atoms with E-state index in [2.05, 4.69) is 12.0 Å². The molecule has 0 atom stereocenters. The molecule has 0 aliphatic carbocycles. The topological polar surface area (TPSA) is 43.8 Å². The van der Waals surface area contributed by atoms with Crippen LogP contribution in [-0.2, 0) is 6.42 Å². The summed E-state index contributed by atoms with van der Waals surface area (Å²) in [5, 5.41) is 5.16. The first kappa shape index (κ1) is 11.0. The van der Waals surface area contributed by atoms with Gasteiger partial charge in [0.15, 0.2) is 0 Å². The molecule has 2 N–H and O–H groups in total. The maximum absolute atomic E-state index is 5.92. The van der Waals surface area contributed by atoms with Gasteiger partial charge >= 0.3 is 0 Å². The predicted octanol–water partition coefficient (Wildman–Crippen LogP) is 2.98. The predicted molar refractivity (Wildman–Crippen MR) is 67.1 cm³/mol. The lowest BCUT2D eigenvalue weighted by Gasteiger charge is -2.07. The fourth-order valence-corrected chi connectivity index (χ4v) is 1.90. The van der Waals surface area contributed by atoms with E-state index < -0.39 is 0 Å². The number of nitrogens with zero attached hydrogens (tertiary/aromatic N) is 2. The highest BCUT2D eigenvalue weighted by Crippen LogP contribution is 2.21. The molecule has 0 unspecified atom stereocenters. The molecule has 0 aliphatic rings. The monoisotopic (exact) mass is 235 g/mol. The third-order valence-corrected chi connectivity index (χ3v) is 2.77. The van der Waals surface area contributed by atoms with E-state index >= 15 is 0 Å². The van der Waals surface area contributed by atoms with Gasteiger partial charge in [-0.25, -0.2) is 4.68 Å². The zero-order valence-corrected chi connectivity index (χ0v) is 10.1. The lowest BCUT2D eigenvalue weighted by Crippen LogP contribution is -2.03. The fourth-order valence-electron chi connectivity index (χ4n) is 1.67. The second-order valence-corrected chi connectivity index (χ2v) is 4.19. The smallest absolute Gasteiger partial charge is 0.127 e. The summed E-state index contributed by atoms with van der Waals surface area (Å²) < 4.78 is 1.75. The van der Waals surface area contributed by atoms with E-state index in [4.69, 9.17) is 17.3 Å². The van der Waals surface area contributed by atoms with Gasteiger partial charge in [-0.1, -0.05) is 18.5 Å². The van der Waals surface area contributed by atoms with Crippen LogP contribution >= 0.6 is 11.6 Å². The highest BCUT2D eigenvalue weighted by molar-refractivity contribution is 6.30. The van der Waals surface area contributed by atoms with Crippen LogP contribution in [0.25, 0.3) is 5.69 Å². The van der Waals surface area contributed by atoms with Crippen LogP contribution < -0.4 is 5.73 Å². The van der Waals surface area contributed by atoms with Crippen molar-refractivity contribution < 1.29 is 0 Å². The number of nitrogen functional groups attached to an aromatic ring is 1. The van der Waals surface area contributed by atoms with E-state index in [1.54, 1.807) is 4.68 Å². The van der Waals surface area contributed by atoms with Crippen molar-refractivity contribution in [2.24, 2.45) is 0 Å². The van der Waals surface area contributed by atoms with Gasteiger partial charge in [0.1, 0.15) is 5.82 Å². The molecule has 1 heterocycles. The number of hydrogen-bond acceptors (Lipinski definition) is 2. The van der Waals surface area contributed by atoms with Gasteiger partial charge in [0, 0.05) is 11.1 Å². The zero-order chi connectivity index (χ0) is 11.7. The Balaban J connectivity index is 2.53. The summed E-state index contributed by atoms with van der Waals surface area (Å²) in [4.78, 5) is 0. The lowest BCUT2D eigenvalue weighted by molar-refractivity contribution is 0.843. The quantitative estimate of drug-likeness (QED) is 0.870. The number of hydrogen-bond donors (Lipinski definition) is 1. The van der Waals surface area contributed by atoms with Crippen molar-refractivity contribution in [3.63, 3.8) is 0 Å². The number of halogens is 1. The van der Waals surface area contributed by atoms with Crippen LogP contribution in [-0.4, -0.2) is 9.78 Å². The van der Waals surface area contributed by atoms with E-state index in [0.717, 1.165) is 28.4 Å². The molecule has 0 fully saturated rings. The van der Waals surface area contributed by atoms with E-state index in [1.165, 1.54) is 0 Å². The molecule has 16 heavy (non-hydrogen) atoms. The van der Waals surface area contributed by atoms with Crippen molar-refractivity contribution in [2.75, 3.05) is 5.73 Å². The Morgan fingerprint density at radius 2 is 2.12 bits per heavy atom. The standard InChI is InChI=1S/C12H14ClN3/c1-3-10-7-12(14)16(15-10)11-5-4-9(13)6-8(11)2/h4-7H,3,14H2,1-2H3. The van der Waals surface area contributed by atoms with Crippen molar-refractivity contribution in [2.45, 2.75) is 20.3 Å². The number of nitrogens with two attached hydrogens (primary N) is 1. The molecule has 4 heteroatoms. The van der Waals surface area contributed by atoms with E-state index in [9.17, 15) is 0 Å². The van der Waals surface area contributed by atoms with Gasteiger partial charge in [0.2, 0.25) is 0 Å². The third kappa shape index (κ3) is 1.91. The van der Waals surface area contributed by atoms with E-state index in [1.807, 2.05) is 31.2 Å². The van der Waals surface area contributed by atoms with E-state index in [-0.39, 0.29) is 0 Å². The summed E-state index contributed by atoms with van der Waals surface area (Å²) in [5.41, 5.74) is 8.95. The largest absolute Gasteiger partial charge is 0.384 e. The summed E-state index contributed by atoms with van der Waals surface area (Å²) in [5.74, 6) is 0.655. The van der Waals surface area contributed by atoms with Gasteiger partial charge in [-0.2, -0.15) is 5.10 Å². The fraction of sp³-hybridized carbons (Fsp3) is 0.250. The normalized spacial score (nSPS) is 10.7. The van der Waals surface area contributed by atoms with Crippen molar-refractivity contribution in [3.05, 3.63) is 40.5 Å². The van der Waals surface area contributed by atoms with Crippen LogP contribution in [0.3, 0.4) is 0 Å². The Bertz CT molecular complexity index is 517. The second-order valence-electron chi connectivity index (χ2n) is 3.76. The van der Waals surface area contributed by atoms with Gasteiger partial charge in [0.05, 0.1) is 11.4 Å². The van der Waals surface area contributed by atoms with Crippen molar-refractivity contribution >= 4 is 17.4 Å². The minimum Gasteiger partial charge on any atom is -0.384 e. The lowest BCUT2D eigenvalue weighted by atomic mass is 10.2. The Hall–Kier alpha value is -1.48. The Morgan fingerprint density at radius 3 is 2.69 bits per heavy atom. The minimum absolute atomic E-state index is 0.655. The first-order valence-corrected chi connectivity index (χ1v) is 5.60. The Morgan fingerprint density at radius 1 is 1.38 bits per heavy atom. The van der Waals surface area contributed by atoms with Gasteiger partial charge in [0.25, 0.3) is 0 Å². The van der Waals surface area contributed by atoms with Crippen LogP contribution in [0.5, 0.6) is 0 Å². The molecule has 2 aromatic rings. The molecule has 0 radical (unpaired) electrons. The number of benzene rings is 1. The Kier molecular flexibility index (Phi) is 2.88. The number of aromatic nitrogens is 2.